The summed E-state index contributed by atoms with van der Waals surface area (Å²) in [4.78, 5) is 0. The van der Waals surface area contributed by atoms with E-state index in [1.54, 1.807) is 6.08 Å². The smallest absolute Gasteiger partial charge is 0.328 e. The summed E-state index contributed by atoms with van der Waals surface area (Å²) in [5, 5.41) is -0.297. The summed E-state index contributed by atoms with van der Waals surface area (Å²) in [7, 11) is -4.25. The zero-order chi connectivity index (χ0) is 12.9. The van der Waals surface area contributed by atoms with Gasteiger partial charge in [-0.05, 0) is 31.8 Å². The van der Waals surface area contributed by atoms with E-state index in [0.29, 0.717) is 17.9 Å². The number of hydrogen-bond donors (Lipinski definition) is 1. The van der Waals surface area contributed by atoms with Gasteiger partial charge < -0.3 is 4.74 Å². The molecule has 0 radical (unpaired) electrons. The predicted octanol–water partition coefficient (Wildman–Crippen LogP) is 2.86. The summed E-state index contributed by atoms with van der Waals surface area (Å²) in [5.41, 5.74) is 1.50. The number of unbranched alkanes of at least 4 members (excludes halogenated alkanes) is 2. The van der Waals surface area contributed by atoms with Gasteiger partial charge in [-0.15, -0.1) is 11.6 Å². The Bertz CT molecular complexity index is 423. The molecule has 0 atom stereocenters. The fraction of sp³-hybridized carbons (Fsp3) is 0.636. The Labute approximate surface area is 107 Å². The highest BCUT2D eigenvalue weighted by Crippen LogP contribution is 2.25. The standard InChI is InChI=1S/C11H17ClO4S/c1-9-7-10(5-3-2-4-6-12)11(16-8-9)17(13,14)15/h7H,2-6,8H2,1H3,(H,13,14,15). The second-order valence-corrected chi connectivity index (χ2v) is 5.77. The predicted molar refractivity (Wildman–Crippen MR) is 67.5 cm³/mol. The van der Waals surface area contributed by atoms with E-state index in [0.717, 1.165) is 24.8 Å². The molecule has 6 heteroatoms. The quantitative estimate of drug-likeness (QED) is 0.462. The molecule has 0 aliphatic carbocycles. The SMILES string of the molecule is CC1=CC(CCCCCCl)=C(S(=O)(=O)O)OC1. The van der Waals surface area contributed by atoms with Crippen LogP contribution in [0.25, 0.3) is 0 Å². The highest BCUT2D eigenvalue weighted by Gasteiger charge is 2.23. The molecule has 0 unspecified atom stereocenters. The van der Waals surface area contributed by atoms with Crippen molar-refractivity contribution in [3.63, 3.8) is 0 Å². The van der Waals surface area contributed by atoms with Gasteiger partial charge in [0.05, 0.1) is 0 Å². The van der Waals surface area contributed by atoms with Crippen LogP contribution in [-0.4, -0.2) is 25.5 Å². The van der Waals surface area contributed by atoms with E-state index in [-0.39, 0.29) is 11.7 Å². The van der Waals surface area contributed by atoms with Crippen LogP contribution in [0.1, 0.15) is 32.6 Å². The van der Waals surface area contributed by atoms with Crippen LogP contribution in [0.2, 0.25) is 0 Å². The number of halogens is 1. The molecule has 4 nitrogen and oxygen atoms in total. The van der Waals surface area contributed by atoms with Gasteiger partial charge in [0, 0.05) is 11.5 Å². The first-order valence-electron chi connectivity index (χ1n) is 5.51. The van der Waals surface area contributed by atoms with Crippen LogP contribution in [0.4, 0.5) is 0 Å². The van der Waals surface area contributed by atoms with Crippen LogP contribution in [0.5, 0.6) is 0 Å². The fourth-order valence-corrected chi connectivity index (χ4v) is 2.56. The van der Waals surface area contributed by atoms with Crippen LogP contribution < -0.4 is 0 Å². The van der Waals surface area contributed by atoms with E-state index in [1.165, 1.54) is 0 Å². The topological polar surface area (TPSA) is 63.6 Å². The van der Waals surface area contributed by atoms with E-state index in [2.05, 4.69) is 0 Å². The van der Waals surface area contributed by atoms with E-state index in [9.17, 15) is 8.42 Å². The zero-order valence-electron chi connectivity index (χ0n) is 9.78. The number of alkyl halides is 1. The van der Waals surface area contributed by atoms with E-state index < -0.39 is 10.1 Å². The second-order valence-electron chi connectivity index (χ2n) is 4.07. The van der Waals surface area contributed by atoms with Crippen LogP contribution in [0, 0.1) is 0 Å². The lowest BCUT2D eigenvalue weighted by Gasteiger charge is -2.17. The lowest BCUT2D eigenvalue weighted by molar-refractivity contribution is 0.246. The summed E-state index contributed by atoms with van der Waals surface area (Å²) < 4.78 is 36.3. The summed E-state index contributed by atoms with van der Waals surface area (Å²) >= 11 is 5.56. The number of rotatable bonds is 6. The van der Waals surface area contributed by atoms with E-state index in [1.807, 2.05) is 6.92 Å². The molecule has 0 aromatic rings. The van der Waals surface area contributed by atoms with Gasteiger partial charge in [0.15, 0.2) is 0 Å². The molecule has 1 aliphatic heterocycles. The third-order valence-electron chi connectivity index (χ3n) is 2.43. The van der Waals surface area contributed by atoms with Gasteiger partial charge in [-0.1, -0.05) is 12.5 Å². The number of allylic oxidation sites excluding steroid dienone is 2. The normalized spacial score (nSPS) is 16.8. The molecule has 1 N–H and O–H groups in total. The highest BCUT2D eigenvalue weighted by molar-refractivity contribution is 7.89. The molecule has 0 amide bonds. The molecule has 1 rings (SSSR count). The monoisotopic (exact) mass is 280 g/mol. The summed E-state index contributed by atoms with van der Waals surface area (Å²) in [6.45, 7) is 2.07. The zero-order valence-corrected chi connectivity index (χ0v) is 11.4. The largest absolute Gasteiger partial charge is 0.477 e. The third-order valence-corrected chi connectivity index (χ3v) is 3.54. The van der Waals surface area contributed by atoms with E-state index in [4.69, 9.17) is 20.9 Å². The maximum Gasteiger partial charge on any atom is 0.328 e. The van der Waals surface area contributed by atoms with Crippen molar-refractivity contribution in [1.82, 2.24) is 0 Å². The van der Waals surface area contributed by atoms with Crippen molar-refractivity contribution in [2.24, 2.45) is 0 Å². The van der Waals surface area contributed by atoms with Crippen LogP contribution >= 0.6 is 11.6 Å². The first-order chi connectivity index (χ1) is 7.95. The molecule has 0 fully saturated rings. The molecular formula is C11H17ClO4S. The maximum absolute atomic E-state index is 11.1. The fourth-order valence-electron chi connectivity index (χ4n) is 1.67. The van der Waals surface area contributed by atoms with Crippen LogP contribution in [0.3, 0.4) is 0 Å². The molecule has 0 saturated carbocycles. The third kappa shape index (κ3) is 4.69. The molecule has 0 spiro atoms. The Hall–Kier alpha value is -0.520. The summed E-state index contributed by atoms with van der Waals surface area (Å²) in [6, 6.07) is 0. The highest BCUT2D eigenvalue weighted by atomic mass is 35.5. The van der Waals surface area contributed by atoms with Gasteiger partial charge in [-0.2, -0.15) is 8.42 Å². The van der Waals surface area contributed by atoms with Crippen molar-refractivity contribution in [1.29, 1.82) is 0 Å². The van der Waals surface area contributed by atoms with Gasteiger partial charge in [0.1, 0.15) is 6.61 Å². The minimum Gasteiger partial charge on any atom is -0.477 e. The molecule has 0 aromatic carbocycles. The average molecular weight is 281 g/mol. The average Bonchev–Trinajstić information content (AvgIpc) is 2.23. The number of ether oxygens (including phenoxy) is 1. The Morgan fingerprint density at radius 1 is 1.41 bits per heavy atom. The van der Waals surface area contributed by atoms with Gasteiger partial charge in [-0.25, -0.2) is 0 Å². The molecule has 0 bridgehead atoms. The van der Waals surface area contributed by atoms with Gasteiger partial charge in [-0.3, -0.25) is 4.55 Å². The molecular weight excluding hydrogens is 264 g/mol. The molecule has 1 aliphatic rings. The maximum atomic E-state index is 11.1. The Morgan fingerprint density at radius 2 is 2.12 bits per heavy atom. The van der Waals surface area contributed by atoms with Gasteiger partial charge >= 0.3 is 10.1 Å². The van der Waals surface area contributed by atoms with Crippen molar-refractivity contribution < 1.29 is 17.7 Å². The molecule has 17 heavy (non-hydrogen) atoms. The van der Waals surface area contributed by atoms with Crippen molar-refractivity contribution in [3.05, 3.63) is 22.3 Å². The van der Waals surface area contributed by atoms with Crippen molar-refractivity contribution in [2.75, 3.05) is 12.5 Å². The Kier molecular flexibility index (Phi) is 5.49. The molecule has 1 heterocycles. The van der Waals surface area contributed by atoms with Crippen molar-refractivity contribution in [2.45, 2.75) is 32.6 Å². The van der Waals surface area contributed by atoms with Crippen LogP contribution in [0.15, 0.2) is 22.3 Å². The van der Waals surface area contributed by atoms with Gasteiger partial charge in [0.25, 0.3) is 0 Å². The number of hydrogen-bond acceptors (Lipinski definition) is 3. The lowest BCUT2D eigenvalue weighted by atomic mass is 10.1. The van der Waals surface area contributed by atoms with Crippen LogP contribution in [-0.2, 0) is 14.9 Å². The molecule has 0 aromatic heterocycles. The van der Waals surface area contributed by atoms with Crippen molar-refractivity contribution >= 4 is 21.7 Å². The van der Waals surface area contributed by atoms with Crippen molar-refractivity contribution in [3.8, 4) is 0 Å². The van der Waals surface area contributed by atoms with E-state index >= 15 is 0 Å². The summed E-state index contributed by atoms with van der Waals surface area (Å²) in [5.74, 6) is 0.607. The Balaban J connectivity index is 2.77. The summed E-state index contributed by atoms with van der Waals surface area (Å²) in [6.07, 6.45) is 5.00. The minimum atomic E-state index is -4.25. The molecule has 98 valence electrons. The second kappa shape index (κ2) is 6.42. The Morgan fingerprint density at radius 3 is 2.71 bits per heavy atom. The lowest BCUT2D eigenvalue weighted by Crippen LogP contribution is -2.14. The van der Waals surface area contributed by atoms with Gasteiger partial charge in [0.2, 0.25) is 5.09 Å². The minimum absolute atomic E-state index is 0.209. The molecule has 0 saturated heterocycles. The first kappa shape index (κ1) is 14.5. The first-order valence-corrected chi connectivity index (χ1v) is 7.49.